The van der Waals surface area contributed by atoms with Crippen molar-refractivity contribution in [1.82, 2.24) is 0 Å². The van der Waals surface area contributed by atoms with Gasteiger partial charge >= 0.3 is 11.9 Å². The minimum Gasteiger partial charge on any atom is -0.504 e. The number of esters is 2. The second kappa shape index (κ2) is 12.3. The maximum absolute atomic E-state index is 12.3. The van der Waals surface area contributed by atoms with Crippen LogP contribution in [0.3, 0.4) is 0 Å². The van der Waals surface area contributed by atoms with Crippen molar-refractivity contribution in [2.45, 2.75) is 19.4 Å². The van der Waals surface area contributed by atoms with E-state index in [4.69, 9.17) is 18.9 Å². The molecule has 4 aromatic rings. The predicted octanol–water partition coefficient (Wildman–Crippen LogP) is 5.77. The molecule has 0 spiro atoms. The van der Waals surface area contributed by atoms with E-state index in [1.54, 1.807) is 72.8 Å². The SMILES string of the molecule is CC(CCOc1ccc(C(=O)Oc2ccccc2O)cc1)Oc1ccc(C(=O)Oc2ccccc2O)cc1. The number of carbonyl (C=O) groups is 2. The molecule has 0 aliphatic carbocycles. The van der Waals surface area contributed by atoms with Crippen LogP contribution in [0.1, 0.15) is 34.1 Å². The second-order valence-corrected chi connectivity index (χ2v) is 8.33. The molecule has 1 unspecified atom stereocenters. The molecule has 0 radical (unpaired) electrons. The monoisotopic (exact) mass is 514 g/mol. The molecule has 0 bridgehead atoms. The van der Waals surface area contributed by atoms with Gasteiger partial charge in [-0.25, -0.2) is 9.59 Å². The summed E-state index contributed by atoms with van der Waals surface area (Å²) in [6.07, 6.45) is 0.426. The summed E-state index contributed by atoms with van der Waals surface area (Å²) in [6, 6.07) is 25.5. The van der Waals surface area contributed by atoms with Gasteiger partial charge in [-0.3, -0.25) is 0 Å². The van der Waals surface area contributed by atoms with E-state index < -0.39 is 11.9 Å². The Morgan fingerprint density at radius 1 is 0.658 bits per heavy atom. The molecule has 0 aliphatic rings. The van der Waals surface area contributed by atoms with Gasteiger partial charge in [0.15, 0.2) is 23.0 Å². The molecule has 0 aliphatic heterocycles. The molecule has 0 saturated carbocycles. The molecular weight excluding hydrogens is 488 g/mol. The molecule has 0 heterocycles. The Kier molecular flexibility index (Phi) is 8.46. The predicted molar refractivity (Wildman–Crippen MR) is 139 cm³/mol. The standard InChI is InChI=1S/C30H26O8/c1-20(36-24-16-12-22(13-17-24)30(34)38-28-9-5-3-7-26(28)32)18-19-35-23-14-10-21(11-15-23)29(33)37-27-8-4-2-6-25(27)31/h2-17,20,31-32H,18-19H2,1H3. The van der Waals surface area contributed by atoms with Crippen LogP contribution in [-0.2, 0) is 0 Å². The highest BCUT2D eigenvalue weighted by Crippen LogP contribution is 2.27. The average molecular weight is 515 g/mol. The Labute approximate surface area is 219 Å². The second-order valence-electron chi connectivity index (χ2n) is 8.33. The number of hydrogen-bond donors (Lipinski definition) is 2. The van der Waals surface area contributed by atoms with Crippen LogP contribution in [0, 0.1) is 0 Å². The third kappa shape index (κ3) is 7.04. The lowest BCUT2D eigenvalue weighted by molar-refractivity contribution is 0.0720. The van der Waals surface area contributed by atoms with Gasteiger partial charge in [0.05, 0.1) is 23.8 Å². The Morgan fingerprint density at radius 3 is 1.58 bits per heavy atom. The van der Waals surface area contributed by atoms with Crippen LogP contribution >= 0.6 is 0 Å². The zero-order chi connectivity index (χ0) is 26.9. The van der Waals surface area contributed by atoms with Gasteiger partial charge < -0.3 is 29.2 Å². The highest BCUT2D eigenvalue weighted by atomic mass is 16.5. The Hall–Kier alpha value is -4.98. The smallest absolute Gasteiger partial charge is 0.343 e. The third-order valence-corrected chi connectivity index (χ3v) is 5.45. The molecule has 8 heteroatoms. The van der Waals surface area contributed by atoms with Crippen molar-refractivity contribution in [2.24, 2.45) is 0 Å². The molecule has 4 rings (SSSR count). The number of rotatable bonds is 10. The molecule has 38 heavy (non-hydrogen) atoms. The normalized spacial score (nSPS) is 11.3. The van der Waals surface area contributed by atoms with Crippen molar-refractivity contribution in [2.75, 3.05) is 6.61 Å². The molecule has 0 fully saturated rings. The summed E-state index contributed by atoms with van der Waals surface area (Å²) in [5.74, 6) is -0.0382. The topological polar surface area (TPSA) is 112 Å². The quantitative estimate of drug-likeness (QED) is 0.203. The van der Waals surface area contributed by atoms with Crippen LogP contribution in [0.25, 0.3) is 0 Å². The first-order valence-electron chi connectivity index (χ1n) is 11.9. The number of phenolic OH excluding ortho intramolecular Hbond substituents is 2. The first-order chi connectivity index (χ1) is 18.4. The van der Waals surface area contributed by atoms with Gasteiger partial charge in [-0.2, -0.15) is 0 Å². The lowest BCUT2D eigenvalue weighted by atomic mass is 10.2. The molecule has 0 aromatic heterocycles. The highest BCUT2D eigenvalue weighted by molar-refractivity contribution is 5.92. The van der Waals surface area contributed by atoms with Crippen LogP contribution in [0.5, 0.6) is 34.5 Å². The van der Waals surface area contributed by atoms with Crippen molar-refractivity contribution < 1.29 is 38.7 Å². The zero-order valence-electron chi connectivity index (χ0n) is 20.6. The summed E-state index contributed by atoms with van der Waals surface area (Å²) in [4.78, 5) is 24.6. The summed E-state index contributed by atoms with van der Waals surface area (Å²) in [7, 11) is 0. The summed E-state index contributed by atoms with van der Waals surface area (Å²) in [5, 5.41) is 19.5. The molecule has 0 amide bonds. The number of ether oxygens (including phenoxy) is 4. The molecule has 1 atom stereocenters. The largest absolute Gasteiger partial charge is 0.504 e. The average Bonchev–Trinajstić information content (AvgIpc) is 2.92. The Bertz CT molecular complexity index is 1380. The summed E-state index contributed by atoms with van der Waals surface area (Å²) in [6.45, 7) is 2.29. The fraction of sp³-hybridized carbons (Fsp3) is 0.133. The van der Waals surface area contributed by atoms with Gasteiger partial charge in [-0.1, -0.05) is 24.3 Å². The molecule has 8 nitrogen and oxygen atoms in total. The first-order valence-corrected chi connectivity index (χ1v) is 11.9. The molecule has 2 N–H and O–H groups in total. The van der Waals surface area contributed by atoms with Crippen LogP contribution < -0.4 is 18.9 Å². The molecule has 4 aromatic carbocycles. The van der Waals surface area contributed by atoms with Crippen LogP contribution in [0.15, 0.2) is 97.1 Å². The highest BCUT2D eigenvalue weighted by Gasteiger charge is 2.13. The number of carbonyl (C=O) groups excluding carboxylic acids is 2. The van der Waals surface area contributed by atoms with E-state index in [1.165, 1.54) is 24.3 Å². The van der Waals surface area contributed by atoms with Crippen LogP contribution in [-0.4, -0.2) is 34.9 Å². The van der Waals surface area contributed by atoms with Crippen molar-refractivity contribution in [3.05, 3.63) is 108 Å². The van der Waals surface area contributed by atoms with Gasteiger partial charge in [0, 0.05) is 6.42 Å². The van der Waals surface area contributed by atoms with Crippen molar-refractivity contribution in [3.63, 3.8) is 0 Å². The number of benzene rings is 4. The first kappa shape index (κ1) is 26.1. The third-order valence-electron chi connectivity index (χ3n) is 5.45. The minimum atomic E-state index is -0.586. The fourth-order valence-corrected chi connectivity index (χ4v) is 3.40. The summed E-state index contributed by atoms with van der Waals surface area (Å²) in [5.41, 5.74) is 0.648. The van der Waals surface area contributed by atoms with Gasteiger partial charge in [-0.05, 0) is 79.7 Å². The van der Waals surface area contributed by atoms with E-state index >= 15 is 0 Å². The van der Waals surface area contributed by atoms with E-state index in [1.807, 2.05) is 6.92 Å². The number of para-hydroxylation sites is 4. The van der Waals surface area contributed by atoms with Gasteiger partial charge in [0.25, 0.3) is 0 Å². The maximum atomic E-state index is 12.3. The summed E-state index contributed by atoms with van der Waals surface area (Å²) >= 11 is 0. The number of aromatic hydroxyl groups is 2. The minimum absolute atomic E-state index is 0.0912. The molecule has 194 valence electrons. The Morgan fingerprint density at radius 2 is 1.11 bits per heavy atom. The molecule has 0 saturated heterocycles. The van der Waals surface area contributed by atoms with Gasteiger partial charge in [0.1, 0.15) is 11.5 Å². The zero-order valence-corrected chi connectivity index (χ0v) is 20.6. The Balaban J connectivity index is 1.21. The van der Waals surface area contributed by atoms with Gasteiger partial charge in [-0.15, -0.1) is 0 Å². The summed E-state index contributed by atoms with van der Waals surface area (Å²) < 4.78 is 22.1. The van der Waals surface area contributed by atoms with Gasteiger partial charge in [0.2, 0.25) is 0 Å². The maximum Gasteiger partial charge on any atom is 0.343 e. The van der Waals surface area contributed by atoms with Crippen LogP contribution in [0.4, 0.5) is 0 Å². The fourth-order valence-electron chi connectivity index (χ4n) is 3.40. The lowest BCUT2D eigenvalue weighted by Gasteiger charge is -2.15. The van der Waals surface area contributed by atoms with E-state index in [0.717, 1.165) is 0 Å². The van der Waals surface area contributed by atoms with E-state index in [0.29, 0.717) is 35.7 Å². The lowest BCUT2D eigenvalue weighted by Crippen LogP contribution is -2.16. The number of phenols is 2. The van der Waals surface area contributed by atoms with E-state index in [2.05, 4.69) is 0 Å². The van der Waals surface area contributed by atoms with E-state index in [9.17, 15) is 19.8 Å². The van der Waals surface area contributed by atoms with Crippen molar-refractivity contribution in [3.8, 4) is 34.5 Å². The van der Waals surface area contributed by atoms with Crippen molar-refractivity contribution >= 4 is 11.9 Å². The van der Waals surface area contributed by atoms with E-state index in [-0.39, 0.29) is 29.1 Å². The number of hydrogen-bond acceptors (Lipinski definition) is 8. The molecular formula is C30H26O8. The van der Waals surface area contributed by atoms with Crippen molar-refractivity contribution in [1.29, 1.82) is 0 Å². The van der Waals surface area contributed by atoms with Crippen LogP contribution in [0.2, 0.25) is 0 Å².